The second kappa shape index (κ2) is 9.91. The van der Waals surface area contributed by atoms with Gasteiger partial charge in [-0.3, -0.25) is 9.98 Å². The molecule has 3 rings (SSSR count). The zero-order valence-electron chi connectivity index (χ0n) is 16.4. The van der Waals surface area contributed by atoms with Crippen LogP contribution < -0.4 is 5.73 Å². The predicted molar refractivity (Wildman–Crippen MR) is 114 cm³/mol. The van der Waals surface area contributed by atoms with Crippen molar-refractivity contribution in [3.05, 3.63) is 65.5 Å². The number of aromatic nitrogens is 1. The normalized spacial score (nSPS) is 14.9. The van der Waals surface area contributed by atoms with Gasteiger partial charge in [0.1, 0.15) is 0 Å². The highest BCUT2D eigenvalue weighted by atomic mass is 14.7. The molecule has 0 radical (unpaired) electrons. The molecule has 0 saturated heterocycles. The average molecular weight is 350 g/mol. The number of nitrogens with zero attached hydrogens (tertiary/aromatic N) is 2. The summed E-state index contributed by atoms with van der Waals surface area (Å²) < 4.78 is 0. The molecule has 3 nitrogen and oxygen atoms in total. The highest BCUT2D eigenvalue weighted by Crippen LogP contribution is 2.36. The highest BCUT2D eigenvalue weighted by Gasteiger charge is 2.19. The minimum atomic E-state index is 0.507. The first-order valence-electron chi connectivity index (χ1n) is 9.42. The van der Waals surface area contributed by atoms with Gasteiger partial charge in [-0.2, -0.15) is 0 Å². The van der Waals surface area contributed by atoms with Crippen molar-refractivity contribution in [2.45, 2.75) is 46.0 Å². The van der Waals surface area contributed by atoms with Crippen molar-refractivity contribution in [3.63, 3.8) is 0 Å². The van der Waals surface area contributed by atoms with Crippen molar-refractivity contribution >= 4 is 17.5 Å². The van der Waals surface area contributed by atoms with Crippen molar-refractivity contribution in [1.29, 1.82) is 0 Å². The number of aliphatic imine (C=N–C) groups is 1. The van der Waals surface area contributed by atoms with Crippen LogP contribution in [-0.2, 0) is 0 Å². The van der Waals surface area contributed by atoms with Crippen molar-refractivity contribution in [2.75, 3.05) is 12.8 Å². The molecule has 138 valence electrons. The third-order valence-corrected chi connectivity index (χ3v) is 4.48. The lowest BCUT2D eigenvalue weighted by molar-refractivity contribution is 0.419. The molecule has 0 amide bonds. The van der Waals surface area contributed by atoms with Gasteiger partial charge >= 0.3 is 0 Å². The van der Waals surface area contributed by atoms with E-state index in [4.69, 9.17) is 5.73 Å². The van der Waals surface area contributed by atoms with E-state index < -0.39 is 0 Å². The number of aryl methyl sites for hydroxylation is 1. The third-order valence-electron chi connectivity index (χ3n) is 4.48. The summed E-state index contributed by atoms with van der Waals surface area (Å²) in [5.41, 5.74) is 11.1. The van der Waals surface area contributed by atoms with E-state index in [1.165, 1.54) is 30.4 Å². The van der Waals surface area contributed by atoms with Gasteiger partial charge in [0, 0.05) is 30.7 Å². The minimum Gasteiger partial charge on any atom is -0.399 e. The Morgan fingerprint density at radius 1 is 1.23 bits per heavy atom. The van der Waals surface area contributed by atoms with Gasteiger partial charge in [0.2, 0.25) is 0 Å². The topological polar surface area (TPSA) is 51.3 Å². The van der Waals surface area contributed by atoms with E-state index in [0.717, 1.165) is 22.9 Å². The molecule has 1 aromatic carbocycles. The van der Waals surface area contributed by atoms with Crippen LogP contribution in [0.3, 0.4) is 0 Å². The number of hydrogen-bond acceptors (Lipinski definition) is 3. The second-order valence-corrected chi connectivity index (χ2v) is 7.27. The van der Waals surface area contributed by atoms with Crippen LogP contribution in [0, 0.1) is 12.8 Å². The maximum absolute atomic E-state index is 5.46. The molecule has 3 heteroatoms. The Hall–Kier alpha value is -2.42. The van der Waals surface area contributed by atoms with E-state index in [1.807, 2.05) is 50.6 Å². The van der Waals surface area contributed by atoms with Gasteiger partial charge < -0.3 is 5.73 Å². The van der Waals surface area contributed by atoms with Gasteiger partial charge in [0.25, 0.3) is 0 Å². The molecule has 0 bridgehead atoms. The third kappa shape index (κ3) is 6.14. The van der Waals surface area contributed by atoms with Crippen molar-refractivity contribution in [2.24, 2.45) is 10.9 Å². The van der Waals surface area contributed by atoms with Crippen molar-refractivity contribution < 1.29 is 0 Å². The Kier molecular flexibility index (Phi) is 7.58. The molecule has 0 atom stereocenters. The Bertz CT molecular complexity index is 738. The van der Waals surface area contributed by atoms with E-state index in [-0.39, 0.29) is 0 Å². The molecular formula is C23H31N3. The summed E-state index contributed by atoms with van der Waals surface area (Å²) in [7, 11) is 1.81. The van der Waals surface area contributed by atoms with Crippen molar-refractivity contribution in [3.8, 4) is 0 Å². The van der Waals surface area contributed by atoms with Gasteiger partial charge in [-0.05, 0) is 67.0 Å². The fourth-order valence-corrected chi connectivity index (χ4v) is 2.96. The standard InChI is InChI=1S/C16H22N2.C7H9N/c1-12(2)9-15(11-17-3)16-10-14(7-8-18-16)13-5-4-6-13;1-6-3-2-4-7(8)5-6/h7-13H,4-6H2,1-3H3;2-5H,8H2,1H3/b15-9+,17-11?;. The summed E-state index contributed by atoms with van der Waals surface area (Å²) in [6.45, 7) is 6.38. The Labute approximate surface area is 158 Å². The molecule has 1 saturated carbocycles. The van der Waals surface area contributed by atoms with Crippen LogP contribution in [-0.4, -0.2) is 18.2 Å². The van der Waals surface area contributed by atoms with Crippen LogP contribution >= 0.6 is 0 Å². The lowest BCUT2D eigenvalue weighted by atomic mass is 9.80. The van der Waals surface area contributed by atoms with E-state index in [1.54, 1.807) is 0 Å². The molecule has 1 fully saturated rings. The summed E-state index contributed by atoms with van der Waals surface area (Å²) in [4.78, 5) is 8.63. The lowest BCUT2D eigenvalue weighted by Gasteiger charge is -2.26. The number of anilines is 1. The van der Waals surface area contributed by atoms with E-state index in [2.05, 4.69) is 42.0 Å². The van der Waals surface area contributed by atoms with E-state index in [0.29, 0.717) is 5.92 Å². The largest absolute Gasteiger partial charge is 0.399 e. The Balaban J connectivity index is 0.000000254. The monoisotopic (exact) mass is 349 g/mol. The summed E-state index contributed by atoms with van der Waals surface area (Å²) in [6.07, 6.45) is 10.1. The van der Waals surface area contributed by atoms with Crippen LogP contribution in [0.2, 0.25) is 0 Å². The zero-order valence-corrected chi connectivity index (χ0v) is 16.4. The zero-order chi connectivity index (χ0) is 18.9. The average Bonchev–Trinajstić information content (AvgIpc) is 2.53. The molecule has 0 spiro atoms. The summed E-state index contributed by atoms with van der Waals surface area (Å²) in [6, 6.07) is 12.2. The number of allylic oxidation sites excluding steroid dienone is 2. The van der Waals surface area contributed by atoms with Crippen LogP contribution in [0.25, 0.3) is 5.57 Å². The molecular weight excluding hydrogens is 318 g/mol. The Morgan fingerprint density at radius 2 is 2.00 bits per heavy atom. The second-order valence-electron chi connectivity index (χ2n) is 7.27. The van der Waals surface area contributed by atoms with Crippen LogP contribution in [0.15, 0.2) is 53.7 Å². The smallest absolute Gasteiger partial charge is 0.0716 e. The SMILES string of the molecule is CN=C/C(=C\C(C)C)c1cc(C2CCC2)ccn1.Cc1cccc(N)c1. The van der Waals surface area contributed by atoms with Crippen LogP contribution in [0.4, 0.5) is 5.69 Å². The number of nitrogen functional groups attached to an aromatic ring is 1. The molecule has 26 heavy (non-hydrogen) atoms. The van der Waals surface area contributed by atoms with E-state index in [9.17, 15) is 0 Å². The number of nitrogens with two attached hydrogens (primary N) is 1. The molecule has 1 aliphatic rings. The van der Waals surface area contributed by atoms with E-state index >= 15 is 0 Å². The van der Waals surface area contributed by atoms with Crippen LogP contribution in [0.1, 0.15) is 55.8 Å². The maximum atomic E-state index is 5.46. The number of hydrogen-bond donors (Lipinski definition) is 1. The van der Waals surface area contributed by atoms with Gasteiger partial charge in [0.15, 0.2) is 0 Å². The molecule has 2 N–H and O–H groups in total. The number of rotatable bonds is 4. The minimum absolute atomic E-state index is 0.507. The van der Waals surface area contributed by atoms with Gasteiger partial charge in [0.05, 0.1) is 5.69 Å². The molecule has 1 aliphatic carbocycles. The maximum Gasteiger partial charge on any atom is 0.0716 e. The quantitative estimate of drug-likeness (QED) is 0.571. The molecule has 2 aromatic rings. The number of pyridine rings is 1. The first-order chi connectivity index (χ1) is 12.5. The molecule has 0 aliphatic heterocycles. The lowest BCUT2D eigenvalue weighted by Crippen LogP contribution is -2.09. The first-order valence-corrected chi connectivity index (χ1v) is 9.42. The molecule has 0 unspecified atom stereocenters. The van der Waals surface area contributed by atoms with Gasteiger partial charge in [-0.15, -0.1) is 0 Å². The summed E-state index contributed by atoms with van der Waals surface area (Å²) in [5, 5.41) is 0. The predicted octanol–water partition coefficient (Wildman–Crippen LogP) is 5.67. The fourth-order valence-electron chi connectivity index (χ4n) is 2.96. The summed E-state index contributed by atoms with van der Waals surface area (Å²) in [5.74, 6) is 1.26. The van der Waals surface area contributed by atoms with Crippen LogP contribution in [0.5, 0.6) is 0 Å². The summed E-state index contributed by atoms with van der Waals surface area (Å²) >= 11 is 0. The Morgan fingerprint density at radius 3 is 2.50 bits per heavy atom. The fraction of sp³-hybridized carbons (Fsp3) is 0.391. The molecule has 1 heterocycles. The van der Waals surface area contributed by atoms with Gasteiger partial charge in [-0.1, -0.05) is 38.5 Å². The molecule has 1 aromatic heterocycles. The highest BCUT2D eigenvalue weighted by molar-refractivity contribution is 6.09. The number of benzene rings is 1. The van der Waals surface area contributed by atoms with Crippen molar-refractivity contribution in [1.82, 2.24) is 4.98 Å². The van der Waals surface area contributed by atoms with Gasteiger partial charge in [-0.25, -0.2) is 0 Å². The first kappa shape index (κ1) is 19.9.